The highest BCUT2D eigenvalue weighted by atomic mass is 127. The van der Waals surface area contributed by atoms with Crippen LogP contribution in [0.4, 0.5) is 0 Å². The fourth-order valence-corrected chi connectivity index (χ4v) is 3.94. The highest BCUT2D eigenvalue weighted by molar-refractivity contribution is 14.1. The van der Waals surface area contributed by atoms with Gasteiger partial charge in [-0.05, 0) is 58.5 Å². The van der Waals surface area contributed by atoms with E-state index in [9.17, 15) is 5.26 Å². The lowest BCUT2D eigenvalue weighted by Gasteiger charge is -2.01. The van der Waals surface area contributed by atoms with Gasteiger partial charge in [-0.25, -0.2) is 4.98 Å². The number of hydrogen-bond donors (Lipinski definition) is 0. The number of allylic oxidation sites excluding steroid dienone is 1. The molecule has 0 fully saturated rings. The summed E-state index contributed by atoms with van der Waals surface area (Å²) in [5, 5.41) is 13.2. The van der Waals surface area contributed by atoms with Crippen LogP contribution >= 0.6 is 57.1 Å². The van der Waals surface area contributed by atoms with Crippen LogP contribution in [0.5, 0.6) is 0 Å². The average Bonchev–Trinajstić information content (AvgIpc) is 3.03. The smallest absolute Gasteiger partial charge is 0.134 e. The lowest BCUT2D eigenvalue weighted by molar-refractivity contribution is 1.37. The minimum atomic E-state index is 0.528. The van der Waals surface area contributed by atoms with Crippen LogP contribution in [0.25, 0.3) is 22.9 Å². The van der Waals surface area contributed by atoms with E-state index in [0.29, 0.717) is 20.6 Å². The predicted molar refractivity (Wildman–Crippen MR) is 110 cm³/mol. The van der Waals surface area contributed by atoms with E-state index in [1.807, 2.05) is 41.8 Å². The topological polar surface area (TPSA) is 36.7 Å². The maximum atomic E-state index is 9.50. The molecular weight excluding hydrogens is 474 g/mol. The lowest BCUT2D eigenvalue weighted by atomic mass is 10.1. The van der Waals surface area contributed by atoms with Crippen molar-refractivity contribution in [2.75, 3.05) is 0 Å². The quantitative estimate of drug-likeness (QED) is 0.304. The number of benzene rings is 2. The second-order valence-electron chi connectivity index (χ2n) is 4.85. The summed E-state index contributed by atoms with van der Waals surface area (Å²) in [7, 11) is 0. The molecule has 0 saturated heterocycles. The molecule has 0 saturated carbocycles. The molecule has 1 heterocycles. The SMILES string of the molecule is N#CC(=Cc1ccccc1I)c1nc(-c2ccc(Cl)cc2Cl)cs1. The fourth-order valence-electron chi connectivity index (χ4n) is 2.11. The highest BCUT2D eigenvalue weighted by Crippen LogP contribution is 2.33. The highest BCUT2D eigenvalue weighted by Gasteiger charge is 2.12. The molecule has 3 aromatic rings. The van der Waals surface area contributed by atoms with E-state index in [-0.39, 0.29) is 0 Å². The van der Waals surface area contributed by atoms with Gasteiger partial charge in [-0.2, -0.15) is 5.26 Å². The van der Waals surface area contributed by atoms with Gasteiger partial charge in [-0.15, -0.1) is 11.3 Å². The van der Waals surface area contributed by atoms with Gasteiger partial charge in [0, 0.05) is 19.5 Å². The zero-order valence-electron chi connectivity index (χ0n) is 12.1. The summed E-state index contributed by atoms with van der Waals surface area (Å²) in [4.78, 5) is 4.57. The fraction of sp³-hybridized carbons (Fsp3) is 0. The van der Waals surface area contributed by atoms with Crippen LogP contribution in [0.2, 0.25) is 10.0 Å². The monoisotopic (exact) mass is 482 g/mol. The van der Waals surface area contributed by atoms with Gasteiger partial charge in [0.05, 0.1) is 16.3 Å². The summed E-state index contributed by atoms with van der Waals surface area (Å²) >= 11 is 15.8. The van der Waals surface area contributed by atoms with Crippen LogP contribution in [-0.4, -0.2) is 4.98 Å². The van der Waals surface area contributed by atoms with E-state index in [0.717, 1.165) is 20.4 Å². The standard InChI is InChI=1S/C18H9Cl2IN2S/c19-13-5-6-14(15(20)8-13)17-10-24-18(23-17)12(9-22)7-11-3-1-2-4-16(11)21/h1-8,10H. The Morgan fingerprint density at radius 3 is 2.71 bits per heavy atom. The lowest BCUT2D eigenvalue weighted by Crippen LogP contribution is -1.85. The van der Waals surface area contributed by atoms with Gasteiger partial charge in [0.1, 0.15) is 11.1 Å². The molecule has 0 atom stereocenters. The van der Waals surface area contributed by atoms with Gasteiger partial charge in [0.25, 0.3) is 0 Å². The Bertz CT molecular complexity index is 973. The maximum absolute atomic E-state index is 9.50. The number of thiazole rings is 1. The molecular formula is C18H9Cl2IN2S. The number of nitrogens with zero attached hydrogens (tertiary/aromatic N) is 2. The van der Waals surface area contributed by atoms with E-state index >= 15 is 0 Å². The van der Waals surface area contributed by atoms with Crippen LogP contribution in [0.15, 0.2) is 47.8 Å². The maximum Gasteiger partial charge on any atom is 0.134 e. The molecule has 0 radical (unpaired) electrons. The first kappa shape index (κ1) is 17.4. The van der Waals surface area contributed by atoms with Crippen LogP contribution < -0.4 is 0 Å². The molecule has 0 spiro atoms. The van der Waals surface area contributed by atoms with E-state index < -0.39 is 0 Å². The van der Waals surface area contributed by atoms with Crippen molar-refractivity contribution in [3.8, 4) is 17.3 Å². The molecule has 2 nitrogen and oxygen atoms in total. The average molecular weight is 483 g/mol. The van der Waals surface area contributed by atoms with Gasteiger partial charge in [-0.1, -0.05) is 41.4 Å². The summed E-state index contributed by atoms with van der Waals surface area (Å²) in [5.74, 6) is 0. The van der Waals surface area contributed by atoms with Gasteiger partial charge >= 0.3 is 0 Å². The predicted octanol–water partition coefficient (Wildman–Crippen LogP) is 6.79. The summed E-state index contributed by atoms with van der Waals surface area (Å²) in [6, 6.07) is 15.4. The molecule has 0 unspecified atom stereocenters. The molecule has 0 aliphatic carbocycles. The molecule has 0 bridgehead atoms. The summed E-state index contributed by atoms with van der Waals surface area (Å²) in [5.41, 5.74) is 3.06. The van der Waals surface area contributed by atoms with E-state index in [2.05, 4.69) is 33.6 Å². The first-order valence-corrected chi connectivity index (χ1v) is 9.57. The second kappa shape index (κ2) is 7.66. The van der Waals surface area contributed by atoms with Crippen molar-refractivity contribution in [3.05, 3.63) is 72.0 Å². The zero-order valence-corrected chi connectivity index (χ0v) is 16.6. The minimum absolute atomic E-state index is 0.528. The Balaban J connectivity index is 2.00. The van der Waals surface area contributed by atoms with Crippen molar-refractivity contribution in [1.29, 1.82) is 5.26 Å². The van der Waals surface area contributed by atoms with Crippen LogP contribution in [0, 0.1) is 14.9 Å². The van der Waals surface area contributed by atoms with Crippen LogP contribution in [-0.2, 0) is 0 Å². The minimum Gasteiger partial charge on any atom is -0.235 e. The Kier molecular flexibility index (Phi) is 5.57. The van der Waals surface area contributed by atoms with Crippen molar-refractivity contribution in [2.45, 2.75) is 0 Å². The van der Waals surface area contributed by atoms with Gasteiger partial charge in [0.15, 0.2) is 0 Å². The first-order valence-electron chi connectivity index (χ1n) is 6.86. The Hall–Kier alpha value is -1.39. The number of halogens is 3. The van der Waals surface area contributed by atoms with E-state index in [4.69, 9.17) is 23.2 Å². The van der Waals surface area contributed by atoms with Crippen molar-refractivity contribution in [1.82, 2.24) is 4.98 Å². The van der Waals surface area contributed by atoms with E-state index in [1.54, 1.807) is 12.1 Å². The molecule has 0 N–H and O–H groups in total. The van der Waals surface area contributed by atoms with Crippen LogP contribution in [0.3, 0.4) is 0 Å². The van der Waals surface area contributed by atoms with Gasteiger partial charge in [-0.3, -0.25) is 0 Å². The van der Waals surface area contributed by atoms with Crippen molar-refractivity contribution in [3.63, 3.8) is 0 Å². The first-order chi connectivity index (χ1) is 11.6. The normalized spacial score (nSPS) is 11.3. The summed E-state index contributed by atoms with van der Waals surface area (Å²) in [6.45, 7) is 0. The molecule has 24 heavy (non-hydrogen) atoms. The molecule has 0 aliphatic rings. The third kappa shape index (κ3) is 3.81. The zero-order chi connectivity index (χ0) is 17.1. The summed E-state index contributed by atoms with van der Waals surface area (Å²) < 4.78 is 1.08. The van der Waals surface area contributed by atoms with E-state index in [1.165, 1.54) is 11.3 Å². The number of hydrogen-bond acceptors (Lipinski definition) is 3. The molecule has 0 amide bonds. The summed E-state index contributed by atoms with van der Waals surface area (Å²) in [6.07, 6.45) is 1.86. The molecule has 0 aliphatic heterocycles. The third-order valence-electron chi connectivity index (χ3n) is 3.27. The Labute approximate surface area is 167 Å². The third-order valence-corrected chi connectivity index (χ3v) is 5.67. The molecule has 1 aromatic heterocycles. The van der Waals surface area contributed by atoms with Crippen LogP contribution in [0.1, 0.15) is 10.6 Å². The van der Waals surface area contributed by atoms with Crippen molar-refractivity contribution in [2.24, 2.45) is 0 Å². The Morgan fingerprint density at radius 2 is 2.00 bits per heavy atom. The number of rotatable bonds is 3. The molecule has 3 rings (SSSR count). The molecule has 118 valence electrons. The number of nitriles is 1. The van der Waals surface area contributed by atoms with Gasteiger partial charge in [0.2, 0.25) is 0 Å². The number of aromatic nitrogens is 1. The Morgan fingerprint density at radius 1 is 1.21 bits per heavy atom. The van der Waals surface area contributed by atoms with Crippen molar-refractivity contribution >= 4 is 68.8 Å². The molecule has 2 aromatic carbocycles. The largest absolute Gasteiger partial charge is 0.235 e. The van der Waals surface area contributed by atoms with Crippen molar-refractivity contribution < 1.29 is 0 Å². The second-order valence-corrected chi connectivity index (χ2v) is 7.72. The molecule has 6 heteroatoms. The van der Waals surface area contributed by atoms with Gasteiger partial charge < -0.3 is 0 Å².